The standard InChI is InChI=1S/C47H35N3S/c1-2-10-30(11-3-1)44-48-45(50-46(49-44)38-14-8-16-41-42(38)37-13-6-7-15-40(37)51-41)31-18-19-35-36-20-17-29-9-4-5-12-34(29)43(36)47(39(35)26-31)32-22-27-21-28(24-32)25-33(47)23-27/h1-20,26-28,32-33H,21-25H2. The van der Waals surface area contributed by atoms with Crippen molar-refractivity contribution >= 4 is 42.3 Å². The lowest BCUT2D eigenvalue weighted by Crippen LogP contribution is -2.55. The summed E-state index contributed by atoms with van der Waals surface area (Å²) in [6, 6.07) is 46.8. The van der Waals surface area contributed by atoms with Crippen LogP contribution in [0.2, 0.25) is 0 Å². The molecular formula is C47H35N3S. The summed E-state index contributed by atoms with van der Waals surface area (Å²) >= 11 is 1.83. The monoisotopic (exact) mass is 673 g/mol. The lowest BCUT2D eigenvalue weighted by atomic mass is 9.43. The molecule has 0 amide bonds. The van der Waals surface area contributed by atoms with Crippen LogP contribution in [-0.2, 0) is 5.41 Å². The van der Waals surface area contributed by atoms with Gasteiger partial charge >= 0.3 is 0 Å². The van der Waals surface area contributed by atoms with Gasteiger partial charge in [0.15, 0.2) is 17.5 Å². The molecular weight excluding hydrogens is 639 g/mol. The summed E-state index contributed by atoms with van der Waals surface area (Å²) in [7, 11) is 0. The number of hydrogen-bond acceptors (Lipinski definition) is 4. The van der Waals surface area contributed by atoms with Crippen LogP contribution >= 0.6 is 11.3 Å². The molecule has 1 spiro atoms. The maximum Gasteiger partial charge on any atom is 0.164 e. The molecule has 3 nitrogen and oxygen atoms in total. The molecule has 244 valence electrons. The number of thiophene rings is 1. The van der Waals surface area contributed by atoms with E-state index in [4.69, 9.17) is 15.0 Å². The fourth-order valence-electron chi connectivity index (χ4n) is 11.4. The predicted octanol–water partition coefficient (Wildman–Crippen LogP) is 12.1. The fourth-order valence-corrected chi connectivity index (χ4v) is 12.5. The van der Waals surface area contributed by atoms with E-state index in [2.05, 4.69) is 127 Å². The quantitative estimate of drug-likeness (QED) is 0.187. The van der Waals surface area contributed by atoms with Crippen molar-refractivity contribution in [3.8, 4) is 45.3 Å². The van der Waals surface area contributed by atoms with Gasteiger partial charge in [-0.3, -0.25) is 0 Å². The molecule has 0 atom stereocenters. The number of benzene rings is 6. The maximum atomic E-state index is 5.37. The lowest BCUT2D eigenvalue weighted by Gasteiger charge is -2.61. The van der Waals surface area contributed by atoms with Crippen molar-refractivity contribution in [3.05, 3.63) is 139 Å². The molecule has 4 saturated carbocycles. The Kier molecular flexibility index (Phi) is 5.83. The highest BCUT2D eigenvalue weighted by atomic mass is 32.1. The van der Waals surface area contributed by atoms with E-state index >= 15 is 0 Å². The van der Waals surface area contributed by atoms with E-state index in [9.17, 15) is 0 Å². The third-order valence-electron chi connectivity index (χ3n) is 13.1. The molecule has 13 rings (SSSR count). The Morgan fingerprint density at radius 3 is 1.98 bits per heavy atom. The topological polar surface area (TPSA) is 38.7 Å². The van der Waals surface area contributed by atoms with Gasteiger partial charge in [-0.25, -0.2) is 15.0 Å². The fraction of sp³-hybridized carbons (Fsp3) is 0.213. The molecule has 0 N–H and O–H groups in total. The van der Waals surface area contributed by atoms with Crippen LogP contribution in [-0.4, -0.2) is 15.0 Å². The normalized spacial score (nSPS) is 24.2. The van der Waals surface area contributed by atoms with Gasteiger partial charge in [0.1, 0.15) is 0 Å². The third kappa shape index (κ3) is 3.92. The maximum absolute atomic E-state index is 5.37. The molecule has 0 saturated heterocycles. The van der Waals surface area contributed by atoms with Gasteiger partial charge in [-0.05, 0) is 107 Å². The van der Waals surface area contributed by atoms with E-state index in [0.717, 1.165) is 40.2 Å². The van der Waals surface area contributed by atoms with Gasteiger partial charge in [0.2, 0.25) is 0 Å². The van der Waals surface area contributed by atoms with Crippen LogP contribution in [0, 0.1) is 23.7 Å². The van der Waals surface area contributed by atoms with E-state index in [1.807, 2.05) is 11.3 Å². The molecule has 2 heterocycles. The lowest BCUT2D eigenvalue weighted by molar-refractivity contribution is -0.0393. The summed E-state index contributed by atoms with van der Waals surface area (Å²) < 4.78 is 2.53. The highest BCUT2D eigenvalue weighted by Crippen LogP contribution is 2.70. The summed E-state index contributed by atoms with van der Waals surface area (Å²) in [5, 5.41) is 5.29. The Hall–Kier alpha value is -5.19. The Labute approximate surface area is 301 Å². The molecule has 4 fully saturated rings. The van der Waals surface area contributed by atoms with Gasteiger partial charge in [-0.1, -0.05) is 109 Å². The zero-order chi connectivity index (χ0) is 33.3. The number of fused-ring (bicyclic) bond motifs is 8. The van der Waals surface area contributed by atoms with Crippen molar-refractivity contribution in [3.63, 3.8) is 0 Å². The number of rotatable bonds is 3. The minimum absolute atomic E-state index is 0.0360. The summed E-state index contributed by atoms with van der Waals surface area (Å²) in [5.74, 6) is 5.32. The highest BCUT2D eigenvalue weighted by Gasteiger charge is 2.62. The minimum Gasteiger partial charge on any atom is -0.208 e. The average molecular weight is 674 g/mol. The van der Waals surface area contributed by atoms with Gasteiger partial charge in [-0.2, -0.15) is 0 Å². The molecule has 4 heteroatoms. The second kappa shape index (κ2) is 10.4. The van der Waals surface area contributed by atoms with Gasteiger partial charge in [0.25, 0.3) is 0 Å². The Morgan fingerprint density at radius 2 is 1.16 bits per heavy atom. The van der Waals surface area contributed by atoms with Crippen molar-refractivity contribution in [2.24, 2.45) is 23.7 Å². The molecule has 6 aromatic carbocycles. The molecule has 2 aromatic heterocycles. The first kappa shape index (κ1) is 28.5. The molecule has 4 bridgehead atoms. The molecule has 0 radical (unpaired) electrons. The van der Waals surface area contributed by atoms with Crippen molar-refractivity contribution in [2.45, 2.75) is 37.5 Å². The summed E-state index contributed by atoms with van der Waals surface area (Å²) in [5.41, 5.74) is 9.17. The van der Waals surface area contributed by atoms with Crippen molar-refractivity contribution < 1.29 is 0 Å². The highest BCUT2D eigenvalue weighted by molar-refractivity contribution is 7.25. The van der Waals surface area contributed by atoms with E-state index < -0.39 is 0 Å². The van der Waals surface area contributed by atoms with Crippen LogP contribution in [0.1, 0.15) is 43.2 Å². The number of aromatic nitrogens is 3. The van der Waals surface area contributed by atoms with Crippen LogP contribution in [0.5, 0.6) is 0 Å². The molecule has 0 aliphatic heterocycles. The van der Waals surface area contributed by atoms with Crippen molar-refractivity contribution in [1.82, 2.24) is 15.0 Å². The Balaban J connectivity index is 1.11. The van der Waals surface area contributed by atoms with E-state index in [1.165, 1.54) is 79.7 Å². The predicted molar refractivity (Wildman–Crippen MR) is 210 cm³/mol. The van der Waals surface area contributed by atoms with E-state index in [0.29, 0.717) is 17.7 Å². The number of hydrogen-bond donors (Lipinski definition) is 0. The van der Waals surface area contributed by atoms with E-state index in [-0.39, 0.29) is 5.41 Å². The summed E-state index contributed by atoms with van der Waals surface area (Å²) in [6.07, 6.45) is 6.86. The zero-order valence-corrected chi connectivity index (χ0v) is 29.0. The second-order valence-corrected chi connectivity index (χ2v) is 16.7. The third-order valence-corrected chi connectivity index (χ3v) is 14.2. The molecule has 8 aromatic rings. The van der Waals surface area contributed by atoms with Gasteiger partial charge < -0.3 is 0 Å². The minimum atomic E-state index is 0.0360. The van der Waals surface area contributed by atoms with Crippen LogP contribution < -0.4 is 0 Å². The molecule has 51 heavy (non-hydrogen) atoms. The molecule has 5 aliphatic carbocycles. The molecule has 0 unspecified atom stereocenters. The first-order chi connectivity index (χ1) is 25.2. The average Bonchev–Trinajstić information content (AvgIpc) is 3.71. The summed E-state index contributed by atoms with van der Waals surface area (Å²) in [6.45, 7) is 0. The SMILES string of the molecule is c1ccc(-c2nc(-c3ccc4c(c3)C3(c5c-4ccc4ccccc54)C4CC5CC(C4)CC3C5)nc(-c3cccc4sc5ccccc5c34)n2)cc1. The number of nitrogens with zero attached hydrogens (tertiary/aromatic N) is 3. The summed E-state index contributed by atoms with van der Waals surface area (Å²) in [4.78, 5) is 15.8. The molecule has 5 aliphatic rings. The first-order valence-corrected chi connectivity index (χ1v) is 19.4. The largest absolute Gasteiger partial charge is 0.208 e. The van der Waals surface area contributed by atoms with Crippen molar-refractivity contribution in [1.29, 1.82) is 0 Å². The van der Waals surface area contributed by atoms with Gasteiger partial charge in [-0.15, -0.1) is 11.3 Å². The Bertz CT molecular complexity index is 2700. The smallest absolute Gasteiger partial charge is 0.164 e. The second-order valence-electron chi connectivity index (χ2n) is 15.6. The van der Waals surface area contributed by atoms with Crippen LogP contribution in [0.25, 0.3) is 76.2 Å². The Morgan fingerprint density at radius 1 is 0.490 bits per heavy atom. The van der Waals surface area contributed by atoms with Crippen LogP contribution in [0.3, 0.4) is 0 Å². The van der Waals surface area contributed by atoms with Gasteiger partial charge in [0, 0.05) is 42.3 Å². The van der Waals surface area contributed by atoms with Crippen LogP contribution in [0.15, 0.2) is 127 Å². The van der Waals surface area contributed by atoms with Gasteiger partial charge in [0.05, 0.1) is 0 Å². The van der Waals surface area contributed by atoms with Crippen LogP contribution in [0.4, 0.5) is 0 Å². The first-order valence-electron chi connectivity index (χ1n) is 18.6. The van der Waals surface area contributed by atoms with E-state index in [1.54, 1.807) is 5.56 Å². The zero-order valence-electron chi connectivity index (χ0n) is 28.2. The van der Waals surface area contributed by atoms with Crippen molar-refractivity contribution in [2.75, 3.05) is 0 Å².